The zero-order valence-electron chi connectivity index (χ0n) is 18.4. The van der Waals surface area contributed by atoms with Crippen LogP contribution in [0.3, 0.4) is 0 Å². The highest BCUT2D eigenvalue weighted by Crippen LogP contribution is 2.47. The predicted octanol–water partition coefficient (Wildman–Crippen LogP) is 5.09. The normalized spacial score (nSPS) is 19.1. The summed E-state index contributed by atoms with van der Waals surface area (Å²) in [5, 5.41) is 19.8. The monoisotopic (exact) mass is 484 g/mol. The minimum Gasteiger partial charge on any atom is -0.343 e. The Morgan fingerprint density at radius 1 is 0.971 bits per heavy atom. The number of carbonyl (C=O) groups is 1. The van der Waals surface area contributed by atoms with Crippen molar-refractivity contribution in [2.45, 2.75) is 24.7 Å². The molecule has 2 atom stereocenters. The Morgan fingerprint density at radius 2 is 1.74 bits per heavy atom. The van der Waals surface area contributed by atoms with Crippen molar-refractivity contribution in [1.82, 2.24) is 9.78 Å². The molecule has 3 heterocycles. The SMILES string of the molecule is O=C1CC(c2cccs2)CC2=C1C(c1ccc([N+](=O)[O-])cc1)c1c([nH]n(-c3ccccc3)c1=O)N2. The molecule has 4 aromatic rings. The summed E-state index contributed by atoms with van der Waals surface area (Å²) in [6.45, 7) is 0. The van der Waals surface area contributed by atoms with E-state index in [4.69, 9.17) is 0 Å². The van der Waals surface area contributed by atoms with Crippen LogP contribution in [-0.2, 0) is 4.79 Å². The second-order valence-electron chi connectivity index (χ2n) is 8.72. The number of nitro groups is 1. The average molecular weight is 485 g/mol. The summed E-state index contributed by atoms with van der Waals surface area (Å²) < 4.78 is 1.47. The smallest absolute Gasteiger partial charge is 0.277 e. The molecule has 2 aliphatic rings. The van der Waals surface area contributed by atoms with E-state index >= 15 is 0 Å². The second kappa shape index (κ2) is 8.21. The van der Waals surface area contributed by atoms with Gasteiger partial charge in [-0.3, -0.25) is 24.8 Å². The Kier molecular flexibility index (Phi) is 5.00. The number of rotatable bonds is 4. The first-order valence-electron chi connectivity index (χ1n) is 11.2. The van der Waals surface area contributed by atoms with E-state index in [1.165, 1.54) is 16.8 Å². The number of non-ortho nitro benzene ring substituents is 1. The van der Waals surface area contributed by atoms with Gasteiger partial charge in [-0.1, -0.05) is 36.4 Å². The third-order valence-electron chi connectivity index (χ3n) is 6.68. The molecule has 0 radical (unpaired) electrons. The van der Waals surface area contributed by atoms with Crippen molar-refractivity contribution in [3.8, 4) is 5.69 Å². The molecule has 35 heavy (non-hydrogen) atoms. The van der Waals surface area contributed by atoms with E-state index < -0.39 is 10.8 Å². The van der Waals surface area contributed by atoms with E-state index in [2.05, 4.69) is 10.4 Å². The summed E-state index contributed by atoms with van der Waals surface area (Å²) in [6.07, 6.45) is 1.00. The van der Waals surface area contributed by atoms with Crippen LogP contribution in [0, 0.1) is 10.1 Å². The number of thiophene rings is 1. The summed E-state index contributed by atoms with van der Waals surface area (Å²) in [7, 11) is 0. The lowest BCUT2D eigenvalue weighted by Gasteiger charge is -2.34. The summed E-state index contributed by atoms with van der Waals surface area (Å²) in [5.74, 6) is -0.0260. The van der Waals surface area contributed by atoms with Crippen LogP contribution < -0.4 is 10.9 Å². The molecule has 174 valence electrons. The van der Waals surface area contributed by atoms with Crippen LogP contribution in [0.4, 0.5) is 11.5 Å². The fourth-order valence-corrected chi connectivity index (χ4v) is 5.93. The Labute approximate surface area is 203 Å². The highest BCUT2D eigenvalue weighted by Gasteiger charge is 2.41. The number of anilines is 1. The van der Waals surface area contributed by atoms with Gasteiger partial charge in [0.2, 0.25) is 0 Å². The van der Waals surface area contributed by atoms with E-state index in [9.17, 15) is 19.7 Å². The maximum Gasteiger partial charge on any atom is 0.277 e. The lowest BCUT2D eigenvalue weighted by Crippen LogP contribution is -2.31. The van der Waals surface area contributed by atoms with E-state index in [0.29, 0.717) is 41.0 Å². The lowest BCUT2D eigenvalue weighted by atomic mass is 9.74. The van der Waals surface area contributed by atoms with Gasteiger partial charge in [-0.15, -0.1) is 11.3 Å². The number of aromatic amines is 1. The number of hydrogen-bond donors (Lipinski definition) is 2. The van der Waals surface area contributed by atoms with Crippen molar-refractivity contribution in [2.24, 2.45) is 0 Å². The van der Waals surface area contributed by atoms with Crippen molar-refractivity contribution in [3.63, 3.8) is 0 Å². The number of nitrogens with one attached hydrogen (secondary N) is 2. The first-order valence-corrected chi connectivity index (χ1v) is 12.1. The fourth-order valence-electron chi connectivity index (χ4n) is 5.10. The molecule has 0 bridgehead atoms. The topological polar surface area (TPSA) is 110 Å². The first-order chi connectivity index (χ1) is 17.0. The number of aromatic nitrogens is 2. The van der Waals surface area contributed by atoms with Crippen LogP contribution in [0.5, 0.6) is 0 Å². The Balaban J connectivity index is 1.52. The molecule has 9 heteroatoms. The zero-order valence-corrected chi connectivity index (χ0v) is 19.2. The molecule has 0 saturated carbocycles. The Hall–Kier alpha value is -4.24. The number of carbonyl (C=O) groups excluding carboxylic acids is 1. The molecule has 2 aromatic heterocycles. The Bertz CT molecular complexity index is 1530. The fraction of sp³-hybridized carbons (Fsp3) is 0.154. The third-order valence-corrected chi connectivity index (χ3v) is 7.72. The predicted molar refractivity (Wildman–Crippen MR) is 133 cm³/mol. The number of ketones is 1. The molecule has 2 N–H and O–H groups in total. The number of Topliss-reactive ketones (excluding diaryl/α,β-unsaturated/α-hetero) is 1. The van der Waals surface area contributed by atoms with Crippen molar-refractivity contribution in [3.05, 3.63) is 120 Å². The molecular formula is C26H20N4O4S. The number of H-pyrrole nitrogens is 1. The van der Waals surface area contributed by atoms with Gasteiger partial charge in [-0.05, 0) is 35.6 Å². The highest BCUT2D eigenvalue weighted by atomic mass is 32.1. The summed E-state index contributed by atoms with van der Waals surface area (Å²) in [5.41, 5.74) is 2.83. The molecule has 1 aliphatic heterocycles. The number of fused-ring (bicyclic) bond motifs is 1. The van der Waals surface area contributed by atoms with Gasteiger partial charge in [-0.2, -0.15) is 0 Å². The van der Waals surface area contributed by atoms with E-state index in [1.807, 2.05) is 47.8 Å². The van der Waals surface area contributed by atoms with Gasteiger partial charge < -0.3 is 5.32 Å². The summed E-state index contributed by atoms with van der Waals surface area (Å²) in [6, 6.07) is 19.4. The van der Waals surface area contributed by atoms with Crippen molar-refractivity contribution >= 4 is 28.6 Å². The summed E-state index contributed by atoms with van der Waals surface area (Å²) in [4.78, 5) is 39.1. The quantitative estimate of drug-likeness (QED) is 0.310. The molecule has 6 rings (SSSR count). The van der Waals surface area contributed by atoms with Crippen molar-refractivity contribution in [2.75, 3.05) is 5.32 Å². The molecule has 0 saturated heterocycles. The lowest BCUT2D eigenvalue weighted by molar-refractivity contribution is -0.384. The van der Waals surface area contributed by atoms with Crippen LogP contribution in [0.25, 0.3) is 5.69 Å². The minimum atomic E-state index is -0.618. The van der Waals surface area contributed by atoms with Gasteiger partial charge in [-0.25, -0.2) is 4.68 Å². The molecule has 8 nitrogen and oxygen atoms in total. The van der Waals surface area contributed by atoms with Gasteiger partial charge in [0.15, 0.2) is 5.78 Å². The minimum absolute atomic E-state index is 0.0157. The average Bonchev–Trinajstić information content (AvgIpc) is 3.52. The molecule has 0 spiro atoms. The first kappa shape index (κ1) is 21.3. The zero-order chi connectivity index (χ0) is 24.1. The number of para-hydroxylation sites is 1. The third kappa shape index (κ3) is 3.52. The molecule has 0 amide bonds. The van der Waals surface area contributed by atoms with Crippen LogP contribution >= 0.6 is 11.3 Å². The van der Waals surface area contributed by atoms with Gasteiger partial charge in [0.1, 0.15) is 5.82 Å². The van der Waals surface area contributed by atoms with Crippen LogP contribution in [-0.4, -0.2) is 20.5 Å². The van der Waals surface area contributed by atoms with Gasteiger partial charge in [0.25, 0.3) is 11.2 Å². The maximum atomic E-state index is 13.7. The maximum absolute atomic E-state index is 13.7. The number of allylic oxidation sites excluding steroid dienone is 2. The number of nitrogens with zero attached hydrogens (tertiary/aromatic N) is 2. The van der Waals surface area contributed by atoms with Gasteiger partial charge >= 0.3 is 0 Å². The van der Waals surface area contributed by atoms with Crippen LogP contribution in [0.2, 0.25) is 0 Å². The number of nitro benzene ring substituents is 1. The van der Waals surface area contributed by atoms with Crippen LogP contribution in [0.1, 0.15) is 40.7 Å². The van der Waals surface area contributed by atoms with Crippen molar-refractivity contribution in [1.29, 1.82) is 0 Å². The van der Waals surface area contributed by atoms with E-state index in [1.54, 1.807) is 23.5 Å². The van der Waals surface area contributed by atoms with E-state index in [0.717, 1.165) is 10.6 Å². The standard InChI is InChI=1S/C26H20N4O4S/c31-20-14-16(21-7-4-12-35-21)13-19-23(20)22(15-8-10-18(11-9-15)30(33)34)24-25(27-19)28-29(26(24)32)17-5-2-1-3-6-17/h1-12,16,22,27-28H,13-14H2. The Morgan fingerprint density at radius 3 is 2.43 bits per heavy atom. The molecule has 2 unspecified atom stereocenters. The highest BCUT2D eigenvalue weighted by molar-refractivity contribution is 7.10. The van der Waals surface area contributed by atoms with Gasteiger partial charge in [0, 0.05) is 46.5 Å². The largest absolute Gasteiger partial charge is 0.343 e. The molecule has 0 fully saturated rings. The van der Waals surface area contributed by atoms with Gasteiger partial charge in [0.05, 0.1) is 16.2 Å². The second-order valence-corrected chi connectivity index (χ2v) is 9.70. The molecular weight excluding hydrogens is 464 g/mol. The molecule has 2 aromatic carbocycles. The van der Waals surface area contributed by atoms with Crippen molar-refractivity contribution < 1.29 is 9.72 Å². The van der Waals surface area contributed by atoms with E-state index in [-0.39, 0.29) is 22.9 Å². The summed E-state index contributed by atoms with van der Waals surface area (Å²) >= 11 is 1.63. The van der Waals surface area contributed by atoms with Crippen LogP contribution in [0.15, 0.2) is 88.2 Å². The number of hydrogen-bond acceptors (Lipinski definition) is 6. The molecule has 1 aliphatic carbocycles. The number of benzene rings is 2.